The number of nitrogens with two attached hydrogens (primary N) is 1. The number of methoxy groups -OCH3 is 1. The molecule has 0 aliphatic carbocycles. The van der Waals surface area contributed by atoms with E-state index in [-0.39, 0.29) is 5.54 Å². The highest BCUT2D eigenvalue weighted by atomic mass is 16.5. The topological polar surface area (TPSA) is 38.5 Å². The van der Waals surface area contributed by atoms with Gasteiger partial charge in [-0.2, -0.15) is 0 Å². The maximum absolute atomic E-state index is 6.07. The minimum atomic E-state index is -0.0382. The van der Waals surface area contributed by atoms with Crippen molar-refractivity contribution in [2.45, 2.75) is 39.2 Å². The van der Waals surface area contributed by atoms with Crippen LogP contribution in [0.1, 0.15) is 32.8 Å². The summed E-state index contributed by atoms with van der Waals surface area (Å²) in [6, 6.07) is 8.21. The van der Waals surface area contributed by atoms with Crippen molar-refractivity contribution in [2.24, 2.45) is 11.7 Å². The van der Waals surface area contributed by atoms with Crippen molar-refractivity contribution >= 4 is 0 Å². The highest BCUT2D eigenvalue weighted by Gasteiger charge is 2.29. The maximum Gasteiger partial charge on any atom is 0.122 e. The van der Waals surface area contributed by atoms with Crippen molar-refractivity contribution in [1.82, 2.24) is 4.90 Å². The zero-order valence-electron chi connectivity index (χ0n) is 13.6. The van der Waals surface area contributed by atoms with E-state index in [4.69, 9.17) is 10.5 Å². The van der Waals surface area contributed by atoms with Gasteiger partial charge in [-0.25, -0.2) is 0 Å². The number of nitrogens with zero attached hydrogens (tertiary/aromatic N) is 1. The largest absolute Gasteiger partial charge is 0.496 e. The van der Waals surface area contributed by atoms with Crippen LogP contribution >= 0.6 is 0 Å². The van der Waals surface area contributed by atoms with Gasteiger partial charge in [-0.15, -0.1) is 0 Å². The number of rotatable bonds is 8. The van der Waals surface area contributed by atoms with E-state index in [1.54, 1.807) is 7.11 Å². The van der Waals surface area contributed by atoms with Crippen LogP contribution in [0.2, 0.25) is 0 Å². The molecule has 1 rings (SSSR count). The van der Waals surface area contributed by atoms with Gasteiger partial charge >= 0.3 is 0 Å². The number of para-hydroxylation sites is 1. The highest BCUT2D eigenvalue weighted by Crippen LogP contribution is 2.26. The van der Waals surface area contributed by atoms with Crippen molar-refractivity contribution in [3.63, 3.8) is 0 Å². The smallest absolute Gasteiger partial charge is 0.122 e. The first-order valence-electron chi connectivity index (χ1n) is 7.46. The Labute approximate surface area is 124 Å². The molecule has 1 aromatic carbocycles. The number of hydrogen-bond donors (Lipinski definition) is 1. The Hall–Kier alpha value is -1.06. The van der Waals surface area contributed by atoms with Gasteiger partial charge in [0.1, 0.15) is 5.75 Å². The van der Waals surface area contributed by atoms with Crippen LogP contribution in [0.3, 0.4) is 0 Å². The fraction of sp³-hybridized carbons (Fsp3) is 0.647. The molecule has 0 radical (unpaired) electrons. The molecule has 1 aromatic rings. The molecule has 1 atom stereocenters. The summed E-state index contributed by atoms with van der Waals surface area (Å²) in [5.41, 5.74) is 7.25. The van der Waals surface area contributed by atoms with Gasteiger partial charge in [0.2, 0.25) is 0 Å². The average Bonchev–Trinajstić information content (AvgIpc) is 2.45. The van der Waals surface area contributed by atoms with Crippen LogP contribution in [0.25, 0.3) is 0 Å². The van der Waals surface area contributed by atoms with Gasteiger partial charge in [-0.05, 0) is 50.9 Å². The van der Waals surface area contributed by atoms with Crippen molar-refractivity contribution in [3.8, 4) is 5.75 Å². The van der Waals surface area contributed by atoms with E-state index >= 15 is 0 Å². The van der Waals surface area contributed by atoms with Crippen molar-refractivity contribution in [2.75, 3.05) is 27.2 Å². The second-order valence-electron chi connectivity index (χ2n) is 6.29. The summed E-state index contributed by atoms with van der Waals surface area (Å²) in [7, 11) is 3.89. The Morgan fingerprint density at radius 2 is 1.95 bits per heavy atom. The first kappa shape index (κ1) is 17.0. The van der Waals surface area contributed by atoms with Crippen LogP contribution in [0, 0.1) is 5.92 Å². The summed E-state index contributed by atoms with van der Waals surface area (Å²) >= 11 is 0. The van der Waals surface area contributed by atoms with Gasteiger partial charge in [0.05, 0.1) is 7.11 Å². The summed E-state index contributed by atoms with van der Waals surface area (Å²) in [6.07, 6.45) is 2.10. The normalized spacial score (nSPS) is 14.6. The molecule has 0 spiro atoms. The molecule has 114 valence electrons. The number of ether oxygens (including phenoxy) is 1. The molecule has 0 bridgehead atoms. The predicted octanol–water partition coefficient (Wildman–Crippen LogP) is 2.93. The molecule has 0 aliphatic heterocycles. The molecule has 3 heteroatoms. The first-order valence-corrected chi connectivity index (χ1v) is 7.46. The van der Waals surface area contributed by atoms with E-state index < -0.39 is 0 Å². The Bertz CT molecular complexity index is 406. The fourth-order valence-corrected chi connectivity index (χ4v) is 2.34. The number of hydrogen-bond acceptors (Lipinski definition) is 3. The molecule has 0 saturated carbocycles. The summed E-state index contributed by atoms with van der Waals surface area (Å²) in [5, 5.41) is 0. The third kappa shape index (κ3) is 4.50. The third-order valence-electron chi connectivity index (χ3n) is 4.17. The van der Waals surface area contributed by atoms with Crippen LogP contribution < -0.4 is 10.5 Å². The van der Waals surface area contributed by atoms with Crippen molar-refractivity contribution in [3.05, 3.63) is 29.8 Å². The summed E-state index contributed by atoms with van der Waals surface area (Å²) < 4.78 is 5.45. The van der Waals surface area contributed by atoms with Crippen LogP contribution in [-0.2, 0) is 6.42 Å². The minimum absolute atomic E-state index is 0.0382. The van der Waals surface area contributed by atoms with Crippen LogP contribution in [-0.4, -0.2) is 37.7 Å². The first-order chi connectivity index (χ1) is 9.42. The van der Waals surface area contributed by atoms with Crippen molar-refractivity contribution in [1.29, 1.82) is 0 Å². The molecule has 20 heavy (non-hydrogen) atoms. The minimum Gasteiger partial charge on any atom is -0.496 e. The molecule has 0 heterocycles. The lowest BCUT2D eigenvalue weighted by molar-refractivity contribution is 0.136. The van der Waals surface area contributed by atoms with Gasteiger partial charge in [0.15, 0.2) is 0 Å². The lowest BCUT2D eigenvalue weighted by Gasteiger charge is -2.39. The Kier molecular flexibility index (Phi) is 6.50. The molecular weight excluding hydrogens is 248 g/mol. The van der Waals surface area contributed by atoms with E-state index in [9.17, 15) is 0 Å². The van der Waals surface area contributed by atoms with Gasteiger partial charge in [-0.3, -0.25) is 4.90 Å². The lowest BCUT2D eigenvalue weighted by Crippen LogP contribution is -2.51. The van der Waals surface area contributed by atoms with E-state index in [1.165, 1.54) is 12.0 Å². The maximum atomic E-state index is 6.07. The third-order valence-corrected chi connectivity index (χ3v) is 4.17. The Morgan fingerprint density at radius 1 is 1.30 bits per heavy atom. The summed E-state index contributed by atoms with van der Waals surface area (Å²) in [5.74, 6) is 1.66. The van der Waals surface area contributed by atoms with E-state index in [0.29, 0.717) is 12.5 Å². The van der Waals surface area contributed by atoms with E-state index in [0.717, 1.165) is 18.7 Å². The molecule has 1 unspecified atom stereocenters. The van der Waals surface area contributed by atoms with Gasteiger partial charge in [-0.1, -0.05) is 32.0 Å². The monoisotopic (exact) mass is 278 g/mol. The van der Waals surface area contributed by atoms with Crippen LogP contribution in [0.15, 0.2) is 24.3 Å². The molecule has 0 aliphatic rings. The van der Waals surface area contributed by atoms with Gasteiger partial charge in [0.25, 0.3) is 0 Å². The predicted molar refractivity (Wildman–Crippen MR) is 86.2 cm³/mol. The molecule has 3 nitrogen and oxygen atoms in total. The second kappa shape index (κ2) is 7.65. The fourth-order valence-electron chi connectivity index (χ4n) is 2.34. The van der Waals surface area contributed by atoms with E-state index in [2.05, 4.69) is 44.9 Å². The molecule has 0 saturated heterocycles. The Morgan fingerprint density at radius 3 is 2.50 bits per heavy atom. The average molecular weight is 278 g/mol. The zero-order valence-corrected chi connectivity index (χ0v) is 13.6. The standard InChI is InChI=1S/C17H30N2O/c1-14(2)10-11-19(4)17(3,13-18)12-15-8-6-7-9-16(15)20-5/h6-9,14H,10-13,18H2,1-5H3. The highest BCUT2D eigenvalue weighted by molar-refractivity contribution is 5.34. The van der Waals surface area contributed by atoms with Crippen LogP contribution in [0.4, 0.5) is 0 Å². The van der Waals surface area contributed by atoms with Crippen LogP contribution in [0.5, 0.6) is 5.75 Å². The summed E-state index contributed by atoms with van der Waals surface area (Å²) in [4.78, 5) is 2.39. The van der Waals surface area contributed by atoms with E-state index in [1.807, 2.05) is 12.1 Å². The molecule has 2 N–H and O–H groups in total. The van der Waals surface area contributed by atoms with Gasteiger partial charge < -0.3 is 10.5 Å². The SMILES string of the molecule is COc1ccccc1CC(C)(CN)N(C)CCC(C)C. The second-order valence-corrected chi connectivity index (χ2v) is 6.29. The van der Waals surface area contributed by atoms with Crippen molar-refractivity contribution < 1.29 is 4.74 Å². The van der Waals surface area contributed by atoms with Gasteiger partial charge in [0, 0.05) is 12.1 Å². The lowest BCUT2D eigenvalue weighted by atomic mass is 9.90. The quantitative estimate of drug-likeness (QED) is 0.794. The number of benzene rings is 1. The zero-order chi connectivity index (χ0) is 15.2. The number of likely N-dealkylation sites (N-methyl/N-ethyl adjacent to an activating group) is 1. The summed E-state index contributed by atoms with van der Waals surface area (Å²) in [6.45, 7) is 8.46. The molecule has 0 amide bonds. The molecule has 0 fully saturated rings. The Balaban J connectivity index is 2.82. The molecule has 0 aromatic heterocycles. The molecular formula is C17H30N2O.